The third-order valence-corrected chi connectivity index (χ3v) is 5.01. The van der Waals surface area contributed by atoms with Crippen LogP contribution in [0.3, 0.4) is 0 Å². The van der Waals surface area contributed by atoms with Crippen molar-refractivity contribution in [2.45, 2.75) is 31.3 Å². The van der Waals surface area contributed by atoms with Crippen LogP contribution >= 0.6 is 0 Å². The first-order valence-corrected chi connectivity index (χ1v) is 10.4. The SMILES string of the molecule is CC(C)Oc1ccc(S(=O)(=O)Nc2ccc(NCCCN(C)C)nc2)cc1. The van der Waals surface area contributed by atoms with Crippen LogP contribution < -0.4 is 14.8 Å². The zero-order chi connectivity index (χ0) is 19.9. The van der Waals surface area contributed by atoms with Crippen LogP contribution in [0, 0.1) is 0 Å². The highest BCUT2D eigenvalue weighted by Crippen LogP contribution is 2.20. The van der Waals surface area contributed by atoms with Crippen molar-refractivity contribution in [3.63, 3.8) is 0 Å². The van der Waals surface area contributed by atoms with Gasteiger partial charge >= 0.3 is 0 Å². The molecule has 2 rings (SSSR count). The molecule has 1 aromatic heterocycles. The normalized spacial score (nSPS) is 11.6. The lowest BCUT2D eigenvalue weighted by atomic mass is 10.3. The number of aromatic nitrogens is 1. The van der Waals surface area contributed by atoms with E-state index in [-0.39, 0.29) is 11.0 Å². The first-order valence-electron chi connectivity index (χ1n) is 8.90. The largest absolute Gasteiger partial charge is 0.491 e. The van der Waals surface area contributed by atoms with Gasteiger partial charge in [-0.05, 0) is 77.3 Å². The fourth-order valence-corrected chi connectivity index (χ4v) is 3.40. The maximum atomic E-state index is 12.5. The van der Waals surface area contributed by atoms with E-state index in [1.807, 2.05) is 27.9 Å². The Kier molecular flexibility index (Phi) is 7.44. The molecule has 0 atom stereocenters. The Morgan fingerprint density at radius 1 is 1.11 bits per heavy atom. The molecule has 0 unspecified atom stereocenters. The van der Waals surface area contributed by atoms with Crippen LogP contribution in [0.4, 0.5) is 11.5 Å². The van der Waals surface area contributed by atoms with Gasteiger partial charge in [0.25, 0.3) is 10.0 Å². The molecule has 0 saturated heterocycles. The van der Waals surface area contributed by atoms with Crippen molar-refractivity contribution in [2.75, 3.05) is 37.2 Å². The summed E-state index contributed by atoms with van der Waals surface area (Å²) >= 11 is 0. The first kappa shape index (κ1) is 21.0. The number of anilines is 2. The third kappa shape index (κ3) is 7.07. The zero-order valence-corrected chi connectivity index (χ0v) is 17.1. The summed E-state index contributed by atoms with van der Waals surface area (Å²) in [5.41, 5.74) is 0.413. The molecule has 0 radical (unpaired) electrons. The molecule has 0 aliphatic heterocycles. The smallest absolute Gasteiger partial charge is 0.261 e. The van der Waals surface area contributed by atoms with Crippen LogP contribution in [-0.2, 0) is 10.0 Å². The quantitative estimate of drug-likeness (QED) is 0.605. The molecule has 0 fully saturated rings. The van der Waals surface area contributed by atoms with E-state index in [0.717, 1.165) is 19.5 Å². The molecule has 1 heterocycles. The first-order chi connectivity index (χ1) is 12.8. The van der Waals surface area contributed by atoms with Crippen molar-refractivity contribution in [3.05, 3.63) is 42.6 Å². The highest BCUT2D eigenvalue weighted by Gasteiger charge is 2.14. The standard InChI is InChI=1S/C19H28N4O3S/c1-15(2)26-17-7-9-18(10-8-17)27(24,25)22-16-6-11-19(21-14-16)20-12-5-13-23(3)4/h6-11,14-15,22H,5,12-13H2,1-4H3,(H,20,21). The number of hydrogen-bond donors (Lipinski definition) is 2. The summed E-state index contributed by atoms with van der Waals surface area (Å²) in [5, 5.41) is 3.21. The van der Waals surface area contributed by atoms with Crippen molar-refractivity contribution in [3.8, 4) is 5.75 Å². The van der Waals surface area contributed by atoms with E-state index in [9.17, 15) is 8.42 Å². The van der Waals surface area contributed by atoms with Gasteiger partial charge in [-0.1, -0.05) is 0 Å². The molecule has 2 N–H and O–H groups in total. The summed E-state index contributed by atoms with van der Waals surface area (Å²) in [6, 6.07) is 9.78. The zero-order valence-electron chi connectivity index (χ0n) is 16.3. The monoisotopic (exact) mass is 392 g/mol. The predicted octanol–water partition coefficient (Wildman–Crippen LogP) is 3.03. The fraction of sp³-hybridized carbons (Fsp3) is 0.421. The summed E-state index contributed by atoms with van der Waals surface area (Å²) in [6.07, 6.45) is 2.54. The van der Waals surface area contributed by atoms with Crippen LogP contribution in [0.5, 0.6) is 5.75 Å². The summed E-state index contributed by atoms with van der Waals surface area (Å²) in [4.78, 5) is 6.54. The molecule has 0 aliphatic carbocycles. The number of benzene rings is 1. The Morgan fingerprint density at radius 3 is 2.37 bits per heavy atom. The highest BCUT2D eigenvalue weighted by atomic mass is 32.2. The number of ether oxygens (including phenoxy) is 1. The van der Waals surface area contributed by atoms with E-state index < -0.39 is 10.0 Å². The van der Waals surface area contributed by atoms with Gasteiger partial charge in [-0.15, -0.1) is 0 Å². The van der Waals surface area contributed by atoms with E-state index >= 15 is 0 Å². The van der Waals surface area contributed by atoms with Gasteiger partial charge in [0.2, 0.25) is 0 Å². The van der Waals surface area contributed by atoms with Crippen LogP contribution in [0.15, 0.2) is 47.5 Å². The van der Waals surface area contributed by atoms with Gasteiger partial charge in [0, 0.05) is 6.54 Å². The maximum Gasteiger partial charge on any atom is 0.261 e. The molecule has 0 spiro atoms. The molecule has 8 heteroatoms. The van der Waals surface area contributed by atoms with Crippen LogP contribution in [0.2, 0.25) is 0 Å². The molecule has 0 saturated carbocycles. The van der Waals surface area contributed by atoms with E-state index in [1.165, 1.54) is 18.3 Å². The predicted molar refractivity (Wildman–Crippen MR) is 109 cm³/mol. The Morgan fingerprint density at radius 2 is 1.81 bits per heavy atom. The van der Waals surface area contributed by atoms with Gasteiger partial charge in [-0.2, -0.15) is 0 Å². The molecule has 7 nitrogen and oxygen atoms in total. The lowest BCUT2D eigenvalue weighted by Gasteiger charge is -2.12. The number of nitrogens with one attached hydrogen (secondary N) is 2. The van der Waals surface area contributed by atoms with Gasteiger partial charge in [-0.3, -0.25) is 4.72 Å². The van der Waals surface area contributed by atoms with Gasteiger partial charge in [0.1, 0.15) is 11.6 Å². The Hall–Kier alpha value is -2.32. The molecule has 0 bridgehead atoms. The number of pyridine rings is 1. The number of hydrogen-bond acceptors (Lipinski definition) is 6. The topological polar surface area (TPSA) is 83.6 Å². The second-order valence-electron chi connectivity index (χ2n) is 6.76. The second-order valence-corrected chi connectivity index (χ2v) is 8.44. The van der Waals surface area contributed by atoms with Crippen molar-refractivity contribution in [2.24, 2.45) is 0 Å². The third-order valence-electron chi connectivity index (χ3n) is 3.61. The van der Waals surface area contributed by atoms with E-state index in [4.69, 9.17) is 4.74 Å². The second kappa shape index (κ2) is 9.57. The van der Waals surface area contributed by atoms with Crippen molar-refractivity contribution in [1.29, 1.82) is 0 Å². The van der Waals surface area contributed by atoms with Gasteiger partial charge < -0.3 is 15.0 Å². The average Bonchev–Trinajstić information content (AvgIpc) is 2.59. The number of sulfonamides is 1. The van der Waals surface area contributed by atoms with Crippen molar-refractivity contribution in [1.82, 2.24) is 9.88 Å². The van der Waals surface area contributed by atoms with Crippen LogP contribution in [0.1, 0.15) is 20.3 Å². The molecule has 2 aromatic rings. The molecular weight excluding hydrogens is 364 g/mol. The van der Waals surface area contributed by atoms with Crippen LogP contribution in [0.25, 0.3) is 0 Å². The van der Waals surface area contributed by atoms with Gasteiger partial charge in [-0.25, -0.2) is 13.4 Å². The molecule has 1 aromatic carbocycles. The highest BCUT2D eigenvalue weighted by molar-refractivity contribution is 7.92. The summed E-state index contributed by atoms with van der Waals surface area (Å²) in [6.45, 7) is 5.63. The lowest BCUT2D eigenvalue weighted by molar-refractivity contribution is 0.242. The fourth-order valence-electron chi connectivity index (χ4n) is 2.35. The van der Waals surface area contributed by atoms with E-state index in [0.29, 0.717) is 17.3 Å². The lowest BCUT2D eigenvalue weighted by Crippen LogP contribution is -2.16. The van der Waals surface area contributed by atoms with Gasteiger partial charge in [0.15, 0.2) is 0 Å². The molecule has 27 heavy (non-hydrogen) atoms. The van der Waals surface area contributed by atoms with E-state index in [2.05, 4.69) is 19.9 Å². The molecular formula is C19H28N4O3S. The van der Waals surface area contributed by atoms with Crippen LogP contribution in [-0.4, -0.2) is 51.6 Å². The Balaban J connectivity index is 1.94. The van der Waals surface area contributed by atoms with E-state index in [1.54, 1.807) is 24.3 Å². The van der Waals surface area contributed by atoms with Crippen molar-refractivity contribution < 1.29 is 13.2 Å². The summed E-state index contributed by atoms with van der Waals surface area (Å²) in [7, 11) is 0.390. The molecule has 0 amide bonds. The Labute approximate surface area is 161 Å². The summed E-state index contributed by atoms with van der Waals surface area (Å²) < 4.78 is 33.1. The van der Waals surface area contributed by atoms with Gasteiger partial charge in [0.05, 0.1) is 22.9 Å². The Bertz CT molecular complexity index is 804. The maximum absolute atomic E-state index is 12.5. The minimum atomic E-state index is -3.67. The minimum absolute atomic E-state index is 0.0339. The molecule has 0 aliphatic rings. The minimum Gasteiger partial charge on any atom is -0.491 e. The molecule has 148 valence electrons. The number of rotatable bonds is 10. The van der Waals surface area contributed by atoms with Crippen molar-refractivity contribution >= 4 is 21.5 Å². The number of nitrogens with zero attached hydrogens (tertiary/aromatic N) is 2. The summed E-state index contributed by atoms with van der Waals surface area (Å²) in [5.74, 6) is 1.35. The average molecular weight is 393 g/mol.